The fourth-order valence-corrected chi connectivity index (χ4v) is 7.08. The summed E-state index contributed by atoms with van der Waals surface area (Å²) >= 11 is 0. The van der Waals surface area contributed by atoms with Crippen LogP contribution in [-0.4, -0.2) is 22.3 Å². The lowest BCUT2D eigenvalue weighted by Crippen LogP contribution is -2.32. The van der Waals surface area contributed by atoms with Gasteiger partial charge in [0.1, 0.15) is 5.60 Å². The third kappa shape index (κ3) is 5.45. The highest BCUT2D eigenvalue weighted by atomic mass is 16.3. The Bertz CT molecular complexity index is 1240. The third-order valence-corrected chi connectivity index (χ3v) is 9.61. The highest BCUT2D eigenvalue weighted by Gasteiger charge is 2.50. The van der Waals surface area contributed by atoms with Gasteiger partial charge in [0, 0.05) is 23.8 Å². The zero-order chi connectivity index (χ0) is 27.0. The number of rotatable bonds is 9. The van der Waals surface area contributed by atoms with Crippen molar-refractivity contribution in [3.8, 4) is 11.1 Å². The third-order valence-electron chi connectivity index (χ3n) is 9.61. The summed E-state index contributed by atoms with van der Waals surface area (Å²) in [5.41, 5.74) is 8.98. The van der Waals surface area contributed by atoms with E-state index in [0.717, 1.165) is 49.7 Å². The monoisotopic (exact) mass is 512 g/mol. The standard InChI is InChI=1S/C35H44O3/c1-5-6-7-31-22(2)8-11-28-21-29(19-24(4)33(28)31)27-14-15-30(23(3)18-27)32(36)20-25-9-12-26(13-10-25)34(37)35(38)16-17-35/h14-15,18-19,21,25-26,31,38H,2,5-13,16-17,20H2,1,3-4H3. The number of carbonyl (C=O) groups excluding carboxylic acids is 2. The minimum absolute atomic E-state index is 0.0186. The van der Waals surface area contributed by atoms with E-state index in [4.69, 9.17) is 0 Å². The highest BCUT2D eigenvalue weighted by molar-refractivity contribution is 5.98. The number of fused-ring (bicyclic) bond motifs is 1. The topological polar surface area (TPSA) is 54.4 Å². The van der Waals surface area contributed by atoms with Crippen LogP contribution in [0.4, 0.5) is 0 Å². The van der Waals surface area contributed by atoms with Crippen molar-refractivity contribution in [1.82, 2.24) is 0 Å². The van der Waals surface area contributed by atoms with Crippen LogP contribution in [0.1, 0.15) is 116 Å². The molecule has 0 aliphatic heterocycles. The fraction of sp³-hybridized carbons (Fsp3) is 0.543. The summed E-state index contributed by atoms with van der Waals surface area (Å²) in [6.45, 7) is 11.0. The van der Waals surface area contributed by atoms with Crippen molar-refractivity contribution in [2.45, 2.75) is 109 Å². The zero-order valence-electron chi connectivity index (χ0n) is 23.6. The number of hydrogen-bond donors (Lipinski definition) is 1. The van der Waals surface area contributed by atoms with Gasteiger partial charge in [-0.15, -0.1) is 0 Å². The summed E-state index contributed by atoms with van der Waals surface area (Å²) in [5, 5.41) is 10.2. The van der Waals surface area contributed by atoms with E-state index < -0.39 is 5.60 Å². The molecule has 0 amide bonds. The van der Waals surface area contributed by atoms with Crippen molar-refractivity contribution >= 4 is 11.6 Å². The number of allylic oxidation sites excluding steroid dienone is 1. The molecule has 3 aliphatic rings. The van der Waals surface area contributed by atoms with Gasteiger partial charge in [-0.1, -0.05) is 62.2 Å². The molecule has 5 rings (SSSR count). The summed E-state index contributed by atoms with van der Waals surface area (Å²) < 4.78 is 0. The van der Waals surface area contributed by atoms with E-state index in [1.165, 1.54) is 52.7 Å². The number of unbranched alkanes of at least 4 members (excludes halogenated alkanes) is 1. The number of Topliss-reactive ketones (excluding diaryl/α,β-unsaturated/α-hetero) is 2. The lowest BCUT2D eigenvalue weighted by molar-refractivity contribution is -0.134. The van der Waals surface area contributed by atoms with Crippen molar-refractivity contribution in [3.63, 3.8) is 0 Å². The van der Waals surface area contributed by atoms with E-state index in [2.05, 4.69) is 51.6 Å². The first-order chi connectivity index (χ1) is 18.2. The van der Waals surface area contributed by atoms with Crippen molar-refractivity contribution < 1.29 is 14.7 Å². The lowest BCUT2D eigenvalue weighted by atomic mass is 9.74. The van der Waals surface area contributed by atoms with Crippen LogP contribution in [-0.2, 0) is 11.2 Å². The molecule has 2 aromatic carbocycles. The molecule has 202 valence electrons. The maximum Gasteiger partial charge on any atom is 0.167 e. The molecule has 3 nitrogen and oxygen atoms in total. The number of aryl methyl sites for hydroxylation is 3. The maximum absolute atomic E-state index is 13.2. The minimum atomic E-state index is -1.02. The predicted octanol–water partition coefficient (Wildman–Crippen LogP) is 8.22. The molecular weight excluding hydrogens is 468 g/mol. The SMILES string of the molecule is C=C1CCc2cc(-c3ccc(C(=O)CC4CCC(C(=O)C5(O)CC5)CC4)c(C)c3)cc(C)c2C1CCCC. The molecule has 0 bridgehead atoms. The van der Waals surface area contributed by atoms with E-state index in [-0.39, 0.29) is 17.5 Å². The molecule has 3 aliphatic carbocycles. The van der Waals surface area contributed by atoms with Gasteiger partial charge in [-0.05, 0) is 111 Å². The van der Waals surface area contributed by atoms with Crippen molar-refractivity contribution in [3.05, 3.63) is 70.3 Å². The molecule has 2 aromatic rings. The van der Waals surface area contributed by atoms with Gasteiger partial charge < -0.3 is 5.11 Å². The number of carbonyl (C=O) groups is 2. The Hall–Kier alpha value is -2.52. The van der Waals surface area contributed by atoms with E-state index >= 15 is 0 Å². The Morgan fingerprint density at radius 1 is 0.974 bits per heavy atom. The molecular formula is C35H44O3. The first kappa shape index (κ1) is 27.1. The van der Waals surface area contributed by atoms with Gasteiger partial charge in [0.05, 0.1) is 0 Å². The molecule has 2 saturated carbocycles. The lowest BCUT2D eigenvalue weighted by Gasteiger charge is -2.30. The molecule has 2 fully saturated rings. The average molecular weight is 513 g/mol. The largest absolute Gasteiger partial charge is 0.382 e. The van der Waals surface area contributed by atoms with Crippen LogP contribution in [0.15, 0.2) is 42.5 Å². The minimum Gasteiger partial charge on any atom is -0.382 e. The van der Waals surface area contributed by atoms with Crippen LogP contribution >= 0.6 is 0 Å². The van der Waals surface area contributed by atoms with Crippen molar-refractivity contribution in [2.24, 2.45) is 11.8 Å². The fourth-order valence-electron chi connectivity index (χ4n) is 7.08. The van der Waals surface area contributed by atoms with Crippen LogP contribution in [0.25, 0.3) is 11.1 Å². The van der Waals surface area contributed by atoms with Crippen LogP contribution in [0, 0.1) is 25.7 Å². The van der Waals surface area contributed by atoms with Gasteiger partial charge in [-0.25, -0.2) is 0 Å². The van der Waals surface area contributed by atoms with Crippen LogP contribution < -0.4 is 0 Å². The molecule has 1 N–H and O–H groups in total. The van der Waals surface area contributed by atoms with E-state index in [1.54, 1.807) is 0 Å². The summed E-state index contributed by atoms with van der Waals surface area (Å²) in [5.74, 6) is 1.06. The molecule has 0 spiro atoms. The molecule has 1 unspecified atom stereocenters. The smallest absolute Gasteiger partial charge is 0.167 e. The number of benzene rings is 2. The van der Waals surface area contributed by atoms with E-state index in [1.807, 2.05) is 6.07 Å². The Morgan fingerprint density at radius 2 is 1.68 bits per heavy atom. The average Bonchev–Trinajstić information content (AvgIpc) is 3.66. The second-order valence-corrected chi connectivity index (χ2v) is 12.5. The predicted molar refractivity (Wildman–Crippen MR) is 155 cm³/mol. The molecule has 0 aromatic heterocycles. The second kappa shape index (κ2) is 10.9. The second-order valence-electron chi connectivity index (χ2n) is 12.5. The molecule has 0 saturated heterocycles. The van der Waals surface area contributed by atoms with Gasteiger partial charge in [0.25, 0.3) is 0 Å². The van der Waals surface area contributed by atoms with Crippen LogP contribution in [0.3, 0.4) is 0 Å². The Balaban J connectivity index is 1.26. The summed E-state index contributed by atoms with van der Waals surface area (Å²) in [6, 6.07) is 11.0. The quantitative estimate of drug-likeness (QED) is 0.272. The Morgan fingerprint density at radius 3 is 2.34 bits per heavy atom. The molecule has 1 atom stereocenters. The summed E-state index contributed by atoms with van der Waals surface area (Å²) in [4.78, 5) is 25.7. The Labute approximate surface area is 228 Å². The first-order valence-electron chi connectivity index (χ1n) is 14.9. The van der Waals surface area contributed by atoms with Crippen LogP contribution in [0.5, 0.6) is 0 Å². The van der Waals surface area contributed by atoms with Gasteiger partial charge in [0.15, 0.2) is 11.6 Å². The zero-order valence-corrected chi connectivity index (χ0v) is 23.6. The van der Waals surface area contributed by atoms with Gasteiger partial charge >= 0.3 is 0 Å². The van der Waals surface area contributed by atoms with E-state index in [0.29, 0.717) is 31.1 Å². The van der Waals surface area contributed by atoms with E-state index in [9.17, 15) is 14.7 Å². The molecule has 38 heavy (non-hydrogen) atoms. The molecule has 0 radical (unpaired) electrons. The van der Waals surface area contributed by atoms with Crippen LogP contribution in [0.2, 0.25) is 0 Å². The Kier molecular flexibility index (Phi) is 7.78. The maximum atomic E-state index is 13.2. The highest BCUT2D eigenvalue weighted by Crippen LogP contribution is 2.44. The summed E-state index contributed by atoms with van der Waals surface area (Å²) in [6.07, 6.45) is 11.0. The summed E-state index contributed by atoms with van der Waals surface area (Å²) in [7, 11) is 0. The van der Waals surface area contributed by atoms with Crippen molar-refractivity contribution in [1.29, 1.82) is 0 Å². The van der Waals surface area contributed by atoms with Gasteiger partial charge in [0.2, 0.25) is 0 Å². The molecule has 3 heteroatoms. The van der Waals surface area contributed by atoms with Gasteiger partial charge in [-0.3, -0.25) is 9.59 Å². The van der Waals surface area contributed by atoms with Crippen molar-refractivity contribution in [2.75, 3.05) is 0 Å². The molecule has 0 heterocycles. The normalized spacial score (nSPS) is 24.1. The number of ketones is 2. The first-order valence-corrected chi connectivity index (χ1v) is 14.9. The number of hydrogen-bond acceptors (Lipinski definition) is 3. The van der Waals surface area contributed by atoms with Gasteiger partial charge in [-0.2, -0.15) is 0 Å². The number of aliphatic hydroxyl groups is 1.